The van der Waals surface area contributed by atoms with Crippen LogP contribution in [0, 0.1) is 5.92 Å². The molecule has 2 aromatic rings. The fourth-order valence-electron chi connectivity index (χ4n) is 3.29. The second-order valence-corrected chi connectivity index (χ2v) is 7.19. The number of nitrogens with zero attached hydrogens (tertiary/aromatic N) is 1. The van der Waals surface area contributed by atoms with Gasteiger partial charge in [-0.2, -0.15) is 5.10 Å². The van der Waals surface area contributed by atoms with Crippen molar-refractivity contribution in [3.8, 4) is 5.75 Å². The molecule has 1 aliphatic carbocycles. The van der Waals surface area contributed by atoms with E-state index in [1.165, 1.54) is 6.42 Å². The van der Waals surface area contributed by atoms with Crippen molar-refractivity contribution in [1.82, 2.24) is 10.7 Å². The maximum absolute atomic E-state index is 12.0. The second kappa shape index (κ2) is 11.0. The Kier molecular flexibility index (Phi) is 7.81. The molecule has 0 bridgehead atoms. The van der Waals surface area contributed by atoms with Crippen molar-refractivity contribution in [1.29, 1.82) is 0 Å². The number of carbonyl (C=O) groups is 2. The van der Waals surface area contributed by atoms with E-state index in [1.54, 1.807) is 6.21 Å². The van der Waals surface area contributed by atoms with Gasteiger partial charge in [0.2, 0.25) is 5.91 Å². The van der Waals surface area contributed by atoms with E-state index in [4.69, 9.17) is 4.74 Å². The lowest BCUT2D eigenvalue weighted by atomic mass is 9.89. The number of carbonyl (C=O) groups excluding carboxylic acids is 2. The molecular formula is C23H27N3O3. The summed E-state index contributed by atoms with van der Waals surface area (Å²) >= 11 is 0. The smallest absolute Gasteiger partial charge is 0.259 e. The van der Waals surface area contributed by atoms with Gasteiger partial charge in [0, 0.05) is 5.92 Å². The monoisotopic (exact) mass is 393 g/mol. The van der Waals surface area contributed by atoms with Crippen molar-refractivity contribution < 1.29 is 14.3 Å². The quantitative estimate of drug-likeness (QED) is 0.533. The van der Waals surface area contributed by atoms with Gasteiger partial charge in [0.15, 0.2) is 0 Å². The average molecular weight is 393 g/mol. The molecule has 1 saturated carbocycles. The maximum Gasteiger partial charge on any atom is 0.259 e. The third-order valence-corrected chi connectivity index (χ3v) is 4.93. The minimum atomic E-state index is -0.340. The first-order chi connectivity index (χ1) is 14.2. The fourth-order valence-corrected chi connectivity index (χ4v) is 3.29. The van der Waals surface area contributed by atoms with E-state index in [0.717, 1.165) is 42.6 Å². The summed E-state index contributed by atoms with van der Waals surface area (Å²) in [6.07, 6.45) is 6.75. The van der Waals surface area contributed by atoms with Crippen molar-refractivity contribution in [2.75, 3.05) is 6.54 Å². The summed E-state index contributed by atoms with van der Waals surface area (Å²) in [6.45, 7) is 0.454. The highest BCUT2D eigenvalue weighted by Crippen LogP contribution is 2.23. The molecule has 0 spiro atoms. The summed E-state index contributed by atoms with van der Waals surface area (Å²) in [5, 5.41) is 6.63. The van der Waals surface area contributed by atoms with Crippen LogP contribution in [0.4, 0.5) is 0 Å². The van der Waals surface area contributed by atoms with Crippen molar-refractivity contribution in [3.05, 3.63) is 65.7 Å². The fraction of sp³-hybridized carbons (Fsp3) is 0.348. The molecule has 0 unspecified atom stereocenters. The topological polar surface area (TPSA) is 79.8 Å². The van der Waals surface area contributed by atoms with Gasteiger partial charge in [-0.1, -0.05) is 49.6 Å². The van der Waals surface area contributed by atoms with Gasteiger partial charge >= 0.3 is 0 Å². The number of amides is 2. The number of ether oxygens (including phenoxy) is 1. The summed E-state index contributed by atoms with van der Waals surface area (Å²) in [6, 6.07) is 17.4. The Morgan fingerprint density at radius 3 is 2.45 bits per heavy atom. The lowest BCUT2D eigenvalue weighted by molar-refractivity contribution is -0.129. The van der Waals surface area contributed by atoms with E-state index in [0.29, 0.717) is 6.61 Å². The van der Waals surface area contributed by atoms with Gasteiger partial charge in [0.05, 0.1) is 12.8 Å². The molecular weight excluding hydrogens is 366 g/mol. The number of hydrogen-bond donors (Lipinski definition) is 2. The van der Waals surface area contributed by atoms with Crippen molar-refractivity contribution >= 4 is 18.0 Å². The lowest BCUT2D eigenvalue weighted by Crippen LogP contribution is -2.38. The van der Waals surface area contributed by atoms with Crippen LogP contribution in [0.2, 0.25) is 0 Å². The Morgan fingerprint density at radius 1 is 1.00 bits per heavy atom. The van der Waals surface area contributed by atoms with E-state index in [-0.39, 0.29) is 24.3 Å². The molecule has 152 valence electrons. The van der Waals surface area contributed by atoms with Crippen molar-refractivity contribution in [2.45, 2.75) is 38.7 Å². The molecule has 2 amide bonds. The van der Waals surface area contributed by atoms with Crippen LogP contribution in [0.25, 0.3) is 0 Å². The first-order valence-electron chi connectivity index (χ1n) is 10.1. The molecule has 0 radical (unpaired) electrons. The highest BCUT2D eigenvalue weighted by molar-refractivity contribution is 5.87. The van der Waals surface area contributed by atoms with Crippen LogP contribution in [0.5, 0.6) is 5.75 Å². The van der Waals surface area contributed by atoms with E-state index in [2.05, 4.69) is 15.8 Å². The minimum absolute atomic E-state index is 0.0325. The van der Waals surface area contributed by atoms with Gasteiger partial charge in [-0.15, -0.1) is 0 Å². The Labute approximate surface area is 171 Å². The van der Waals surface area contributed by atoms with Crippen LogP contribution < -0.4 is 15.5 Å². The number of hydrazone groups is 1. The van der Waals surface area contributed by atoms with Gasteiger partial charge in [-0.3, -0.25) is 9.59 Å². The van der Waals surface area contributed by atoms with Gasteiger partial charge in [0.25, 0.3) is 5.91 Å². The molecule has 2 N–H and O–H groups in total. The van der Waals surface area contributed by atoms with Crippen LogP contribution in [0.15, 0.2) is 59.7 Å². The standard InChI is InChI=1S/C23H27N3O3/c27-22(16-24-23(28)20-9-5-2-6-10-20)26-25-15-18-11-13-21(14-12-18)29-17-19-7-3-1-4-8-19/h1,3-4,7-8,11-15,20H,2,5-6,9-10,16-17H2,(H,24,28)(H,26,27). The van der Waals surface area contributed by atoms with E-state index >= 15 is 0 Å². The Balaban J connectivity index is 1.37. The van der Waals surface area contributed by atoms with Crippen LogP contribution in [-0.2, 0) is 16.2 Å². The van der Waals surface area contributed by atoms with E-state index in [9.17, 15) is 9.59 Å². The van der Waals surface area contributed by atoms with Crippen LogP contribution >= 0.6 is 0 Å². The van der Waals surface area contributed by atoms with Crippen molar-refractivity contribution in [3.63, 3.8) is 0 Å². The molecule has 29 heavy (non-hydrogen) atoms. The molecule has 6 heteroatoms. The molecule has 1 fully saturated rings. The minimum Gasteiger partial charge on any atom is -0.489 e. The molecule has 0 aliphatic heterocycles. The number of hydrogen-bond acceptors (Lipinski definition) is 4. The summed E-state index contributed by atoms with van der Waals surface area (Å²) in [5.41, 5.74) is 4.38. The maximum atomic E-state index is 12.0. The van der Waals surface area contributed by atoms with Crippen LogP contribution in [0.3, 0.4) is 0 Å². The van der Waals surface area contributed by atoms with Gasteiger partial charge < -0.3 is 10.1 Å². The normalized spacial score (nSPS) is 14.5. The lowest BCUT2D eigenvalue weighted by Gasteiger charge is -2.20. The zero-order valence-electron chi connectivity index (χ0n) is 16.5. The van der Waals surface area contributed by atoms with Gasteiger partial charge in [-0.25, -0.2) is 5.43 Å². The number of benzene rings is 2. The summed E-state index contributed by atoms with van der Waals surface area (Å²) in [7, 11) is 0. The zero-order chi connectivity index (χ0) is 20.3. The van der Waals surface area contributed by atoms with E-state index < -0.39 is 0 Å². The molecule has 0 saturated heterocycles. The summed E-state index contributed by atoms with van der Waals surface area (Å²) in [5.74, 6) is 0.436. The first kappa shape index (κ1) is 20.6. The molecule has 0 heterocycles. The first-order valence-corrected chi connectivity index (χ1v) is 10.1. The molecule has 0 aromatic heterocycles. The molecule has 6 nitrogen and oxygen atoms in total. The Bertz CT molecular complexity index is 813. The SMILES string of the molecule is O=C(CNC(=O)C1CCCCC1)NN=Cc1ccc(OCc2ccccc2)cc1. The molecule has 1 aliphatic rings. The summed E-state index contributed by atoms with van der Waals surface area (Å²) < 4.78 is 5.74. The predicted octanol–water partition coefficient (Wildman–Crippen LogP) is 3.41. The van der Waals surface area contributed by atoms with Gasteiger partial charge in [-0.05, 0) is 48.2 Å². The second-order valence-electron chi connectivity index (χ2n) is 7.19. The number of nitrogens with one attached hydrogen (secondary N) is 2. The van der Waals surface area contributed by atoms with Crippen LogP contribution in [-0.4, -0.2) is 24.6 Å². The summed E-state index contributed by atoms with van der Waals surface area (Å²) in [4.78, 5) is 23.9. The third kappa shape index (κ3) is 7.07. The average Bonchev–Trinajstić information content (AvgIpc) is 2.78. The van der Waals surface area contributed by atoms with Gasteiger partial charge in [0.1, 0.15) is 12.4 Å². The molecule has 2 aromatic carbocycles. The largest absolute Gasteiger partial charge is 0.489 e. The Morgan fingerprint density at radius 2 is 1.72 bits per heavy atom. The zero-order valence-corrected chi connectivity index (χ0v) is 16.5. The van der Waals surface area contributed by atoms with Crippen molar-refractivity contribution in [2.24, 2.45) is 11.0 Å². The van der Waals surface area contributed by atoms with Crippen LogP contribution in [0.1, 0.15) is 43.2 Å². The molecule has 3 rings (SSSR count). The highest BCUT2D eigenvalue weighted by Gasteiger charge is 2.21. The highest BCUT2D eigenvalue weighted by atomic mass is 16.5. The third-order valence-electron chi connectivity index (χ3n) is 4.93. The predicted molar refractivity (Wildman–Crippen MR) is 113 cm³/mol. The molecule has 0 atom stereocenters. The number of rotatable bonds is 8. The Hall–Kier alpha value is -3.15. The van der Waals surface area contributed by atoms with E-state index in [1.807, 2.05) is 54.6 Å².